The molecule has 0 spiro atoms. The van der Waals surface area contributed by atoms with Crippen LogP contribution in [0, 0.1) is 0 Å². The molecule has 102 valence electrons. The Morgan fingerprint density at radius 1 is 1.41 bits per heavy atom. The van der Waals surface area contributed by atoms with E-state index >= 15 is 0 Å². The van der Waals surface area contributed by atoms with E-state index in [1.165, 1.54) is 0 Å². The van der Waals surface area contributed by atoms with E-state index in [2.05, 4.69) is 18.7 Å². The molecule has 0 bridgehead atoms. The highest BCUT2D eigenvalue weighted by Crippen LogP contribution is 2.29. The standard InChI is InChI=1S/C13H28N2O2/c1-4-12(5-2)15(7-9-16-3)13(10-14)6-8-17-11-13/h12H,4-11,14H2,1-3H3. The largest absolute Gasteiger partial charge is 0.383 e. The lowest BCUT2D eigenvalue weighted by Gasteiger charge is -2.44. The van der Waals surface area contributed by atoms with Gasteiger partial charge in [-0.15, -0.1) is 0 Å². The number of nitrogens with zero attached hydrogens (tertiary/aromatic N) is 1. The van der Waals surface area contributed by atoms with Gasteiger partial charge in [-0.2, -0.15) is 0 Å². The number of nitrogens with two attached hydrogens (primary N) is 1. The summed E-state index contributed by atoms with van der Waals surface area (Å²) in [5, 5.41) is 0. The highest BCUT2D eigenvalue weighted by atomic mass is 16.5. The van der Waals surface area contributed by atoms with Crippen molar-refractivity contribution in [1.82, 2.24) is 4.90 Å². The first kappa shape index (κ1) is 14.9. The van der Waals surface area contributed by atoms with E-state index in [1.54, 1.807) is 7.11 Å². The van der Waals surface area contributed by atoms with E-state index in [1.807, 2.05) is 0 Å². The molecule has 0 aromatic carbocycles. The van der Waals surface area contributed by atoms with Crippen LogP contribution in [0.1, 0.15) is 33.1 Å². The van der Waals surface area contributed by atoms with Gasteiger partial charge in [-0.25, -0.2) is 0 Å². The quantitative estimate of drug-likeness (QED) is 0.698. The fourth-order valence-corrected chi connectivity index (χ4v) is 2.83. The Labute approximate surface area is 105 Å². The Bertz CT molecular complexity index is 202. The first-order valence-electron chi connectivity index (χ1n) is 6.77. The Balaban J connectivity index is 2.78. The number of hydrogen-bond donors (Lipinski definition) is 1. The highest BCUT2D eigenvalue weighted by molar-refractivity contribution is 4.97. The van der Waals surface area contributed by atoms with Crippen molar-refractivity contribution < 1.29 is 9.47 Å². The first-order valence-corrected chi connectivity index (χ1v) is 6.77. The predicted molar refractivity (Wildman–Crippen MR) is 70.2 cm³/mol. The smallest absolute Gasteiger partial charge is 0.0663 e. The molecule has 1 aliphatic heterocycles. The van der Waals surface area contributed by atoms with Gasteiger partial charge < -0.3 is 15.2 Å². The third-order valence-corrected chi connectivity index (χ3v) is 3.99. The molecule has 1 fully saturated rings. The molecule has 1 rings (SSSR count). The van der Waals surface area contributed by atoms with Gasteiger partial charge in [-0.05, 0) is 19.3 Å². The molecular weight excluding hydrogens is 216 g/mol. The summed E-state index contributed by atoms with van der Waals surface area (Å²) in [5.41, 5.74) is 6.06. The van der Waals surface area contributed by atoms with Crippen LogP contribution in [-0.4, -0.2) is 56.5 Å². The number of ether oxygens (including phenoxy) is 2. The molecule has 0 amide bonds. The van der Waals surface area contributed by atoms with Crippen molar-refractivity contribution in [3.8, 4) is 0 Å². The molecule has 4 nitrogen and oxygen atoms in total. The second kappa shape index (κ2) is 7.31. The van der Waals surface area contributed by atoms with Gasteiger partial charge in [0, 0.05) is 32.8 Å². The average molecular weight is 244 g/mol. The predicted octanol–water partition coefficient (Wildman–Crippen LogP) is 1.24. The van der Waals surface area contributed by atoms with Crippen molar-refractivity contribution in [1.29, 1.82) is 0 Å². The highest BCUT2D eigenvalue weighted by Gasteiger charge is 2.41. The van der Waals surface area contributed by atoms with E-state index in [9.17, 15) is 0 Å². The van der Waals surface area contributed by atoms with E-state index in [0.717, 1.165) is 45.6 Å². The maximum Gasteiger partial charge on any atom is 0.0663 e. The van der Waals surface area contributed by atoms with Gasteiger partial charge in [0.25, 0.3) is 0 Å². The van der Waals surface area contributed by atoms with Crippen molar-refractivity contribution >= 4 is 0 Å². The van der Waals surface area contributed by atoms with Crippen molar-refractivity contribution in [3.05, 3.63) is 0 Å². The molecule has 0 radical (unpaired) electrons. The summed E-state index contributed by atoms with van der Waals surface area (Å²) in [6, 6.07) is 0.579. The van der Waals surface area contributed by atoms with Gasteiger partial charge in [-0.3, -0.25) is 4.90 Å². The van der Waals surface area contributed by atoms with Gasteiger partial charge in [-0.1, -0.05) is 13.8 Å². The Morgan fingerprint density at radius 2 is 2.12 bits per heavy atom. The summed E-state index contributed by atoms with van der Waals surface area (Å²) in [5.74, 6) is 0. The van der Waals surface area contributed by atoms with Crippen molar-refractivity contribution in [3.63, 3.8) is 0 Å². The van der Waals surface area contributed by atoms with Gasteiger partial charge in [0.15, 0.2) is 0 Å². The zero-order valence-corrected chi connectivity index (χ0v) is 11.6. The van der Waals surface area contributed by atoms with Gasteiger partial charge >= 0.3 is 0 Å². The molecular formula is C13H28N2O2. The molecule has 2 N–H and O–H groups in total. The minimum absolute atomic E-state index is 0.0369. The zero-order valence-electron chi connectivity index (χ0n) is 11.6. The summed E-state index contributed by atoms with van der Waals surface area (Å²) < 4.78 is 10.8. The van der Waals surface area contributed by atoms with Crippen LogP contribution >= 0.6 is 0 Å². The third kappa shape index (κ3) is 3.41. The van der Waals surface area contributed by atoms with E-state index < -0.39 is 0 Å². The fourth-order valence-electron chi connectivity index (χ4n) is 2.83. The van der Waals surface area contributed by atoms with Crippen LogP contribution in [-0.2, 0) is 9.47 Å². The van der Waals surface area contributed by atoms with Crippen LogP contribution in [0.5, 0.6) is 0 Å². The normalized spacial score (nSPS) is 25.1. The van der Waals surface area contributed by atoms with Crippen molar-refractivity contribution in [2.45, 2.75) is 44.7 Å². The minimum Gasteiger partial charge on any atom is -0.383 e. The number of hydrogen-bond acceptors (Lipinski definition) is 4. The SMILES string of the molecule is CCC(CC)N(CCOC)C1(CN)CCOC1. The molecule has 1 heterocycles. The van der Waals surface area contributed by atoms with E-state index in [4.69, 9.17) is 15.2 Å². The van der Waals surface area contributed by atoms with Gasteiger partial charge in [0.2, 0.25) is 0 Å². The number of rotatable bonds is 8. The Kier molecular flexibility index (Phi) is 6.41. The summed E-state index contributed by atoms with van der Waals surface area (Å²) in [6.45, 7) is 8.47. The van der Waals surface area contributed by atoms with E-state index in [-0.39, 0.29) is 5.54 Å². The van der Waals surface area contributed by atoms with Crippen LogP contribution in [0.3, 0.4) is 0 Å². The minimum atomic E-state index is 0.0369. The summed E-state index contributed by atoms with van der Waals surface area (Å²) >= 11 is 0. The first-order chi connectivity index (χ1) is 8.24. The third-order valence-electron chi connectivity index (χ3n) is 3.99. The number of methoxy groups -OCH3 is 1. The molecule has 0 aliphatic carbocycles. The van der Waals surface area contributed by atoms with Crippen molar-refractivity contribution in [2.24, 2.45) is 5.73 Å². The average Bonchev–Trinajstić information content (AvgIpc) is 2.84. The Morgan fingerprint density at radius 3 is 2.53 bits per heavy atom. The lowest BCUT2D eigenvalue weighted by molar-refractivity contribution is 0.0121. The maximum absolute atomic E-state index is 6.03. The van der Waals surface area contributed by atoms with Gasteiger partial charge in [0.1, 0.15) is 0 Å². The van der Waals surface area contributed by atoms with Crippen LogP contribution in [0.2, 0.25) is 0 Å². The zero-order chi connectivity index (χ0) is 12.7. The lowest BCUT2D eigenvalue weighted by Crippen LogP contribution is -2.59. The van der Waals surface area contributed by atoms with Crippen LogP contribution in [0.25, 0.3) is 0 Å². The molecule has 0 aromatic rings. The fraction of sp³-hybridized carbons (Fsp3) is 1.00. The molecule has 0 saturated carbocycles. The summed E-state index contributed by atoms with van der Waals surface area (Å²) in [7, 11) is 1.76. The molecule has 1 atom stereocenters. The molecule has 0 aromatic heterocycles. The second-order valence-electron chi connectivity index (χ2n) is 4.89. The lowest BCUT2D eigenvalue weighted by atomic mass is 9.92. The monoisotopic (exact) mass is 244 g/mol. The maximum atomic E-state index is 6.03. The Hall–Kier alpha value is -0.160. The molecule has 1 unspecified atom stereocenters. The van der Waals surface area contributed by atoms with Crippen LogP contribution in [0.4, 0.5) is 0 Å². The van der Waals surface area contributed by atoms with Crippen LogP contribution < -0.4 is 5.73 Å². The van der Waals surface area contributed by atoms with Crippen LogP contribution in [0.15, 0.2) is 0 Å². The van der Waals surface area contributed by atoms with Crippen molar-refractivity contribution in [2.75, 3.05) is 40.0 Å². The van der Waals surface area contributed by atoms with E-state index in [0.29, 0.717) is 12.6 Å². The summed E-state index contributed by atoms with van der Waals surface area (Å²) in [4.78, 5) is 2.53. The topological polar surface area (TPSA) is 47.7 Å². The molecule has 17 heavy (non-hydrogen) atoms. The molecule has 1 aliphatic rings. The second-order valence-corrected chi connectivity index (χ2v) is 4.89. The molecule has 1 saturated heterocycles. The molecule has 4 heteroatoms. The van der Waals surface area contributed by atoms with Gasteiger partial charge in [0.05, 0.1) is 18.8 Å². The summed E-state index contributed by atoms with van der Waals surface area (Å²) in [6.07, 6.45) is 3.35.